The first-order valence-corrected chi connectivity index (χ1v) is 9.48. The molecule has 1 aliphatic rings. The molecule has 5 nitrogen and oxygen atoms in total. The minimum Gasteiger partial charge on any atom is -0.494 e. The predicted octanol–water partition coefficient (Wildman–Crippen LogP) is 3.64. The topological polar surface area (TPSA) is 63.1 Å². The monoisotopic (exact) mass is 367 g/mol. The van der Waals surface area contributed by atoms with Crippen molar-refractivity contribution in [3.05, 3.63) is 65.7 Å². The zero-order valence-corrected chi connectivity index (χ0v) is 15.4. The maximum Gasteiger partial charge on any atom is 0.239 e. The van der Waals surface area contributed by atoms with E-state index in [1.165, 1.54) is 11.8 Å². The molecule has 0 bridgehead atoms. The smallest absolute Gasteiger partial charge is 0.239 e. The van der Waals surface area contributed by atoms with Gasteiger partial charge in [-0.1, -0.05) is 49.0 Å². The van der Waals surface area contributed by atoms with Crippen LogP contribution in [0.5, 0.6) is 5.75 Å². The standard InChI is InChI=1S/C20H21N3O2S/c1-2-12-25-17-10-8-16(9-11-17)14-21-23-20-22-19(24)18(26-20)13-15-6-4-3-5-7-15/h3-11,14,18H,2,12-13H2,1H3,(H,22,23,24)/b21-14-/t18-/m1/s1. The quantitative estimate of drug-likeness (QED) is 0.600. The Bertz CT molecular complexity index is 788. The molecule has 0 saturated carbocycles. The molecule has 6 heteroatoms. The van der Waals surface area contributed by atoms with Crippen molar-refractivity contribution in [2.45, 2.75) is 25.0 Å². The Labute approximate surface area is 157 Å². The van der Waals surface area contributed by atoms with Gasteiger partial charge in [-0.15, -0.1) is 5.10 Å². The maximum atomic E-state index is 12.1. The average molecular weight is 367 g/mol. The van der Waals surface area contributed by atoms with Gasteiger partial charge in [0.1, 0.15) is 5.75 Å². The van der Waals surface area contributed by atoms with Crippen molar-refractivity contribution in [2.75, 3.05) is 6.61 Å². The number of hydrogen-bond acceptors (Lipinski definition) is 5. The van der Waals surface area contributed by atoms with Crippen LogP contribution in [0.15, 0.2) is 64.8 Å². The molecule has 0 radical (unpaired) electrons. The third-order valence-corrected chi connectivity index (χ3v) is 4.82. The lowest BCUT2D eigenvalue weighted by atomic mass is 10.1. The van der Waals surface area contributed by atoms with Crippen LogP contribution in [-0.4, -0.2) is 29.1 Å². The molecule has 0 aromatic heterocycles. The summed E-state index contributed by atoms with van der Waals surface area (Å²) in [6.45, 7) is 2.78. The van der Waals surface area contributed by atoms with Gasteiger partial charge >= 0.3 is 0 Å². The van der Waals surface area contributed by atoms with Crippen LogP contribution < -0.4 is 10.1 Å². The number of amidine groups is 1. The molecule has 3 rings (SSSR count). The molecular formula is C20H21N3O2S. The first kappa shape index (κ1) is 18.2. The van der Waals surface area contributed by atoms with E-state index in [1.807, 2.05) is 54.6 Å². The highest BCUT2D eigenvalue weighted by Gasteiger charge is 2.30. The van der Waals surface area contributed by atoms with Crippen LogP contribution in [-0.2, 0) is 11.2 Å². The molecule has 2 aromatic rings. The van der Waals surface area contributed by atoms with Gasteiger partial charge in [0.05, 0.1) is 18.1 Å². The van der Waals surface area contributed by atoms with Crippen LogP contribution >= 0.6 is 11.8 Å². The summed E-state index contributed by atoms with van der Waals surface area (Å²) < 4.78 is 5.55. The first-order valence-electron chi connectivity index (χ1n) is 8.60. The van der Waals surface area contributed by atoms with Crippen LogP contribution in [0.25, 0.3) is 0 Å². The Morgan fingerprint density at radius 3 is 2.65 bits per heavy atom. The number of benzene rings is 2. The van der Waals surface area contributed by atoms with Gasteiger partial charge in [-0.05, 0) is 48.2 Å². The Morgan fingerprint density at radius 1 is 1.15 bits per heavy atom. The van der Waals surface area contributed by atoms with E-state index in [0.717, 1.165) is 23.3 Å². The van der Waals surface area contributed by atoms with Gasteiger partial charge in [0.15, 0.2) is 5.17 Å². The van der Waals surface area contributed by atoms with E-state index in [-0.39, 0.29) is 11.2 Å². The highest BCUT2D eigenvalue weighted by Crippen LogP contribution is 2.23. The molecule has 1 fully saturated rings. The number of amides is 1. The molecule has 2 aromatic carbocycles. The third-order valence-electron chi connectivity index (χ3n) is 3.75. The van der Waals surface area contributed by atoms with Gasteiger partial charge in [-0.3, -0.25) is 4.79 Å². The molecule has 1 saturated heterocycles. The lowest BCUT2D eigenvalue weighted by Gasteiger charge is -2.04. The predicted molar refractivity (Wildman–Crippen MR) is 107 cm³/mol. The van der Waals surface area contributed by atoms with Crippen molar-refractivity contribution in [2.24, 2.45) is 10.2 Å². The van der Waals surface area contributed by atoms with Crippen LogP contribution in [0.1, 0.15) is 24.5 Å². The fourth-order valence-electron chi connectivity index (χ4n) is 2.43. The molecule has 1 heterocycles. The first-order chi connectivity index (χ1) is 12.7. The number of carbonyl (C=O) groups excluding carboxylic acids is 1. The number of thioether (sulfide) groups is 1. The van der Waals surface area contributed by atoms with E-state index in [1.54, 1.807) is 6.21 Å². The SMILES string of the molecule is CCCOc1ccc(/C=N\N=C2/NC(=O)[C@@H](Cc3ccccc3)S2)cc1. The molecule has 0 spiro atoms. The fourth-order valence-corrected chi connectivity index (χ4v) is 3.40. The fraction of sp³-hybridized carbons (Fsp3) is 0.250. The Hall–Kier alpha value is -2.60. The third kappa shape index (κ3) is 5.20. The summed E-state index contributed by atoms with van der Waals surface area (Å²) in [4.78, 5) is 12.1. The molecule has 1 N–H and O–H groups in total. The van der Waals surface area contributed by atoms with E-state index in [4.69, 9.17) is 4.74 Å². The number of hydrogen-bond donors (Lipinski definition) is 1. The highest BCUT2D eigenvalue weighted by atomic mass is 32.2. The number of rotatable bonds is 7. The second-order valence-electron chi connectivity index (χ2n) is 5.85. The Balaban J connectivity index is 1.55. The van der Waals surface area contributed by atoms with E-state index in [2.05, 4.69) is 22.4 Å². The average Bonchev–Trinajstić information content (AvgIpc) is 3.01. The van der Waals surface area contributed by atoms with E-state index >= 15 is 0 Å². The second-order valence-corrected chi connectivity index (χ2v) is 7.04. The molecular weight excluding hydrogens is 346 g/mol. The van der Waals surface area contributed by atoms with Gasteiger partial charge in [0, 0.05) is 0 Å². The van der Waals surface area contributed by atoms with Gasteiger partial charge < -0.3 is 10.1 Å². The van der Waals surface area contributed by atoms with Gasteiger partial charge in [-0.2, -0.15) is 5.10 Å². The number of ether oxygens (including phenoxy) is 1. The number of nitrogens with one attached hydrogen (secondary N) is 1. The van der Waals surface area contributed by atoms with Crippen LogP contribution in [0.3, 0.4) is 0 Å². The summed E-state index contributed by atoms with van der Waals surface area (Å²) in [5.41, 5.74) is 2.06. The normalized spacial score (nSPS) is 18.4. The molecule has 1 amide bonds. The molecule has 1 atom stereocenters. The largest absolute Gasteiger partial charge is 0.494 e. The van der Waals surface area contributed by atoms with Crippen molar-refractivity contribution in [3.63, 3.8) is 0 Å². The Kier molecular flexibility index (Phi) is 6.44. The molecule has 0 aliphatic carbocycles. The van der Waals surface area contributed by atoms with Crippen LogP contribution in [0.2, 0.25) is 0 Å². The Morgan fingerprint density at radius 2 is 1.92 bits per heavy atom. The lowest BCUT2D eigenvalue weighted by molar-refractivity contribution is -0.118. The zero-order valence-electron chi connectivity index (χ0n) is 14.6. The van der Waals surface area contributed by atoms with Gasteiger partial charge in [0.2, 0.25) is 5.91 Å². The number of nitrogens with zero attached hydrogens (tertiary/aromatic N) is 2. The van der Waals surface area contributed by atoms with Crippen molar-refractivity contribution in [3.8, 4) is 5.75 Å². The summed E-state index contributed by atoms with van der Waals surface area (Å²) in [5.74, 6) is 0.822. The summed E-state index contributed by atoms with van der Waals surface area (Å²) in [6, 6.07) is 17.6. The summed E-state index contributed by atoms with van der Waals surface area (Å²) in [6.07, 6.45) is 3.32. The number of carbonyl (C=O) groups is 1. The van der Waals surface area contributed by atoms with Crippen molar-refractivity contribution < 1.29 is 9.53 Å². The highest BCUT2D eigenvalue weighted by molar-refractivity contribution is 8.15. The lowest BCUT2D eigenvalue weighted by Crippen LogP contribution is -2.25. The van der Waals surface area contributed by atoms with E-state index < -0.39 is 0 Å². The van der Waals surface area contributed by atoms with Gasteiger partial charge in [0.25, 0.3) is 0 Å². The summed E-state index contributed by atoms with van der Waals surface area (Å²) in [7, 11) is 0. The van der Waals surface area contributed by atoms with Crippen molar-refractivity contribution >= 4 is 29.1 Å². The van der Waals surface area contributed by atoms with Crippen molar-refractivity contribution in [1.82, 2.24) is 5.32 Å². The summed E-state index contributed by atoms with van der Waals surface area (Å²) in [5, 5.41) is 11.4. The van der Waals surface area contributed by atoms with Crippen LogP contribution in [0, 0.1) is 0 Å². The molecule has 134 valence electrons. The van der Waals surface area contributed by atoms with E-state index in [0.29, 0.717) is 18.2 Å². The van der Waals surface area contributed by atoms with Gasteiger partial charge in [-0.25, -0.2) is 0 Å². The molecule has 1 aliphatic heterocycles. The van der Waals surface area contributed by atoms with E-state index in [9.17, 15) is 4.79 Å². The second kappa shape index (κ2) is 9.20. The summed E-state index contributed by atoms with van der Waals surface area (Å²) >= 11 is 1.42. The van der Waals surface area contributed by atoms with Crippen molar-refractivity contribution in [1.29, 1.82) is 0 Å². The minimum atomic E-state index is -0.165. The van der Waals surface area contributed by atoms with Crippen LogP contribution in [0.4, 0.5) is 0 Å². The zero-order chi connectivity index (χ0) is 18.2. The maximum absolute atomic E-state index is 12.1. The molecule has 26 heavy (non-hydrogen) atoms. The molecule has 0 unspecified atom stereocenters. The minimum absolute atomic E-state index is 0.0229.